The molecule has 0 aliphatic rings. The minimum atomic E-state index is -0.965. The van der Waals surface area contributed by atoms with Crippen molar-refractivity contribution in [2.75, 3.05) is 6.61 Å². The Bertz CT molecular complexity index is 785. The molecule has 0 spiro atoms. The van der Waals surface area contributed by atoms with Gasteiger partial charge < -0.3 is 10.1 Å². The molecule has 4 nitrogen and oxygen atoms in total. The zero-order valence-electron chi connectivity index (χ0n) is 14.2. The first-order valence-corrected chi connectivity index (χ1v) is 7.76. The van der Waals surface area contributed by atoms with Crippen LogP contribution in [0.4, 0.5) is 8.78 Å². The quantitative estimate of drug-likeness (QED) is 0.841. The number of rotatable bonds is 5. The summed E-state index contributed by atoms with van der Waals surface area (Å²) in [6, 6.07) is 7.93. The van der Waals surface area contributed by atoms with Crippen LogP contribution in [0.1, 0.15) is 40.0 Å². The smallest absolute Gasteiger partial charge is 0.338 e. The highest BCUT2D eigenvalue weighted by Gasteiger charge is 2.15. The number of ether oxygens (including phenoxy) is 1. The van der Waals surface area contributed by atoms with E-state index in [4.69, 9.17) is 4.74 Å². The Morgan fingerprint density at radius 1 is 1.04 bits per heavy atom. The van der Waals surface area contributed by atoms with Crippen molar-refractivity contribution in [1.29, 1.82) is 0 Å². The van der Waals surface area contributed by atoms with Gasteiger partial charge in [0.25, 0.3) is 5.91 Å². The molecule has 2 rings (SSSR count). The zero-order valence-corrected chi connectivity index (χ0v) is 14.2. The van der Waals surface area contributed by atoms with E-state index < -0.39 is 30.1 Å². The van der Waals surface area contributed by atoms with Gasteiger partial charge in [-0.25, -0.2) is 13.6 Å². The first-order chi connectivity index (χ1) is 11.8. The number of hydrogen-bond donors (Lipinski definition) is 1. The molecule has 0 saturated carbocycles. The van der Waals surface area contributed by atoms with E-state index in [1.807, 2.05) is 39.0 Å². The average Bonchev–Trinajstić information content (AvgIpc) is 2.54. The summed E-state index contributed by atoms with van der Waals surface area (Å²) in [4.78, 5) is 23.7. The lowest BCUT2D eigenvalue weighted by atomic mass is 10.0. The first-order valence-electron chi connectivity index (χ1n) is 7.76. The molecule has 0 bridgehead atoms. The molecule has 2 aromatic rings. The lowest BCUT2D eigenvalue weighted by Crippen LogP contribution is -2.31. The molecule has 0 saturated heterocycles. The fourth-order valence-electron chi connectivity index (χ4n) is 2.29. The van der Waals surface area contributed by atoms with Crippen molar-refractivity contribution in [3.05, 3.63) is 70.3 Å². The van der Waals surface area contributed by atoms with Gasteiger partial charge in [-0.3, -0.25) is 4.79 Å². The van der Waals surface area contributed by atoms with Gasteiger partial charge in [-0.15, -0.1) is 0 Å². The Kier molecular flexibility index (Phi) is 5.85. The Balaban J connectivity index is 1.91. The van der Waals surface area contributed by atoms with Crippen molar-refractivity contribution < 1.29 is 23.1 Å². The summed E-state index contributed by atoms with van der Waals surface area (Å²) in [5, 5.41) is 2.71. The van der Waals surface area contributed by atoms with E-state index in [1.54, 1.807) is 0 Å². The normalized spacial score (nSPS) is 11.7. The number of esters is 1. The fraction of sp³-hybridized carbons (Fsp3) is 0.263. The lowest BCUT2D eigenvalue weighted by molar-refractivity contribution is -0.124. The summed E-state index contributed by atoms with van der Waals surface area (Å²) in [6.45, 7) is 5.25. The predicted molar refractivity (Wildman–Crippen MR) is 89.1 cm³/mol. The van der Waals surface area contributed by atoms with Gasteiger partial charge in [0.05, 0.1) is 11.6 Å². The van der Waals surface area contributed by atoms with E-state index in [0.717, 1.165) is 28.8 Å². The third-order valence-corrected chi connectivity index (χ3v) is 3.84. The Hall–Kier alpha value is -2.76. The van der Waals surface area contributed by atoms with Crippen LogP contribution in [-0.4, -0.2) is 18.5 Å². The molecule has 25 heavy (non-hydrogen) atoms. The second-order valence-corrected chi connectivity index (χ2v) is 5.87. The van der Waals surface area contributed by atoms with Crippen LogP contribution in [-0.2, 0) is 9.53 Å². The highest BCUT2D eigenvalue weighted by Crippen LogP contribution is 2.16. The summed E-state index contributed by atoms with van der Waals surface area (Å²) in [5.41, 5.74) is 2.90. The first kappa shape index (κ1) is 18.6. The van der Waals surface area contributed by atoms with E-state index in [-0.39, 0.29) is 11.6 Å². The summed E-state index contributed by atoms with van der Waals surface area (Å²) in [5.74, 6) is -3.25. The number of amides is 1. The number of carbonyl (C=O) groups is 2. The third kappa shape index (κ3) is 5.11. The molecule has 6 heteroatoms. The fourth-order valence-corrected chi connectivity index (χ4v) is 2.29. The maximum atomic E-state index is 13.1. The van der Waals surface area contributed by atoms with E-state index in [2.05, 4.69) is 5.32 Å². The van der Waals surface area contributed by atoms with Crippen LogP contribution >= 0.6 is 0 Å². The number of benzene rings is 2. The minimum Gasteiger partial charge on any atom is -0.452 e. The predicted octanol–water partition coefficient (Wildman–Crippen LogP) is 3.62. The number of aryl methyl sites for hydroxylation is 2. The van der Waals surface area contributed by atoms with Crippen molar-refractivity contribution >= 4 is 11.9 Å². The van der Waals surface area contributed by atoms with E-state index >= 15 is 0 Å². The maximum absolute atomic E-state index is 13.1. The van der Waals surface area contributed by atoms with Gasteiger partial charge in [0.15, 0.2) is 6.61 Å². The van der Waals surface area contributed by atoms with Gasteiger partial charge in [0, 0.05) is 6.07 Å². The molecule has 1 N–H and O–H groups in total. The van der Waals surface area contributed by atoms with E-state index in [0.29, 0.717) is 6.07 Å². The molecule has 0 aliphatic carbocycles. The van der Waals surface area contributed by atoms with Gasteiger partial charge in [0.1, 0.15) is 11.6 Å². The molecule has 0 radical (unpaired) electrons. The number of carbonyl (C=O) groups excluding carboxylic acids is 2. The van der Waals surface area contributed by atoms with Gasteiger partial charge in [-0.05, 0) is 49.6 Å². The Morgan fingerprint density at radius 3 is 2.28 bits per heavy atom. The molecule has 0 heterocycles. The van der Waals surface area contributed by atoms with Crippen LogP contribution in [0.2, 0.25) is 0 Å². The van der Waals surface area contributed by atoms with Crippen molar-refractivity contribution in [3.8, 4) is 0 Å². The number of halogens is 2. The van der Waals surface area contributed by atoms with Crippen LogP contribution in [0.25, 0.3) is 0 Å². The van der Waals surface area contributed by atoms with Crippen LogP contribution in [0.3, 0.4) is 0 Å². The molecule has 1 amide bonds. The second kappa shape index (κ2) is 7.88. The topological polar surface area (TPSA) is 55.4 Å². The van der Waals surface area contributed by atoms with Crippen LogP contribution < -0.4 is 5.32 Å². The standard InChI is InChI=1S/C19H19F2NO3/c1-11-4-5-14(6-12(11)2)13(3)22-18(23)10-25-19(24)15-7-16(20)9-17(21)8-15/h4-9,13H,10H2,1-3H3,(H,22,23)/t13-/m0/s1. The Labute approximate surface area is 144 Å². The molecule has 132 valence electrons. The van der Waals surface area contributed by atoms with Gasteiger partial charge >= 0.3 is 5.97 Å². The molecule has 0 aromatic heterocycles. The van der Waals surface area contributed by atoms with Crippen molar-refractivity contribution in [3.63, 3.8) is 0 Å². The zero-order chi connectivity index (χ0) is 18.6. The molecule has 0 aliphatic heterocycles. The average molecular weight is 347 g/mol. The van der Waals surface area contributed by atoms with Crippen molar-refractivity contribution in [2.45, 2.75) is 26.8 Å². The molecular formula is C19H19F2NO3. The van der Waals surface area contributed by atoms with Gasteiger partial charge in [-0.2, -0.15) is 0 Å². The molecule has 0 fully saturated rings. The van der Waals surface area contributed by atoms with Crippen LogP contribution in [0.5, 0.6) is 0 Å². The van der Waals surface area contributed by atoms with Crippen LogP contribution in [0.15, 0.2) is 36.4 Å². The molecule has 2 aromatic carbocycles. The molecule has 0 unspecified atom stereocenters. The number of hydrogen-bond acceptors (Lipinski definition) is 3. The summed E-state index contributed by atoms with van der Waals surface area (Å²) in [7, 11) is 0. The van der Waals surface area contributed by atoms with E-state index in [1.165, 1.54) is 0 Å². The van der Waals surface area contributed by atoms with E-state index in [9.17, 15) is 18.4 Å². The summed E-state index contributed by atoms with van der Waals surface area (Å²) in [6.07, 6.45) is 0. The highest BCUT2D eigenvalue weighted by molar-refractivity contribution is 5.91. The third-order valence-electron chi connectivity index (χ3n) is 3.84. The Morgan fingerprint density at radius 2 is 1.68 bits per heavy atom. The molecule has 1 atom stereocenters. The lowest BCUT2D eigenvalue weighted by Gasteiger charge is -2.15. The number of nitrogens with one attached hydrogen (secondary N) is 1. The largest absolute Gasteiger partial charge is 0.452 e. The second-order valence-electron chi connectivity index (χ2n) is 5.87. The minimum absolute atomic E-state index is 0.267. The van der Waals surface area contributed by atoms with Crippen molar-refractivity contribution in [2.24, 2.45) is 0 Å². The van der Waals surface area contributed by atoms with Crippen LogP contribution in [0, 0.1) is 25.5 Å². The SMILES string of the molecule is Cc1ccc([C@H](C)NC(=O)COC(=O)c2cc(F)cc(F)c2)cc1C. The van der Waals surface area contributed by atoms with Gasteiger partial charge in [-0.1, -0.05) is 18.2 Å². The monoisotopic (exact) mass is 347 g/mol. The summed E-state index contributed by atoms with van der Waals surface area (Å²) >= 11 is 0. The van der Waals surface area contributed by atoms with Crippen molar-refractivity contribution in [1.82, 2.24) is 5.32 Å². The summed E-state index contributed by atoms with van der Waals surface area (Å²) < 4.78 is 31.0. The maximum Gasteiger partial charge on any atom is 0.338 e. The molecular weight excluding hydrogens is 328 g/mol. The van der Waals surface area contributed by atoms with Gasteiger partial charge in [0.2, 0.25) is 0 Å². The highest BCUT2D eigenvalue weighted by atomic mass is 19.1.